The number of fused-ring (bicyclic) bond motifs is 2. The number of hydrogen-bond acceptors (Lipinski definition) is 15. The summed E-state index contributed by atoms with van der Waals surface area (Å²) in [5.74, 6) is -4.60. The van der Waals surface area contributed by atoms with Gasteiger partial charge in [-0.3, -0.25) is 14.5 Å². The number of thioether (sulfide) groups is 1. The topological polar surface area (TPSA) is 248 Å². The molecule has 3 aromatic heterocycles. The number of rotatable bonds is 10. The van der Waals surface area contributed by atoms with Crippen molar-refractivity contribution in [2.45, 2.75) is 37.3 Å². The van der Waals surface area contributed by atoms with Gasteiger partial charge in [-0.25, -0.2) is 14.3 Å². The number of aliphatic carboxylic acids is 2. The number of carboxylic acid groups (broad SMARTS) is 2. The van der Waals surface area contributed by atoms with Crippen molar-refractivity contribution < 1.29 is 38.7 Å². The van der Waals surface area contributed by atoms with E-state index in [1.165, 1.54) is 16.2 Å². The second-order valence-corrected chi connectivity index (χ2v) is 11.9. The number of aromatic nitrogens is 5. The monoisotopic (exact) mass is 660 g/mol. The summed E-state index contributed by atoms with van der Waals surface area (Å²) in [6.45, 7) is 3.29. The Bertz CT molecular complexity index is 1820. The molecule has 230 valence electrons. The fourth-order valence-corrected chi connectivity index (χ4v) is 7.13. The van der Waals surface area contributed by atoms with Gasteiger partial charge in [0.2, 0.25) is 11.9 Å². The number of β-lactam (4-membered cyclic amide) rings is 1. The van der Waals surface area contributed by atoms with Crippen LogP contribution in [0, 0.1) is 6.92 Å². The molecule has 0 aliphatic carbocycles. The van der Waals surface area contributed by atoms with Gasteiger partial charge >= 0.3 is 5.97 Å². The van der Waals surface area contributed by atoms with Gasteiger partial charge in [0.25, 0.3) is 23.3 Å². The van der Waals surface area contributed by atoms with Gasteiger partial charge in [-0.1, -0.05) is 38.9 Å². The fraction of sp³-hybridized carbons (Fsp3) is 0.333. The maximum atomic E-state index is 13.8. The Hall–Kier alpha value is -4.69. The van der Waals surface area contributed by atoms with Crippen molar-refractivity contribution in [2.24, 2.45) is 12.2 Å². The number of anilines is 2. The van der Waals surface area contributed by atoms with E-state index in [-0.39, 0.29) is 40.2 Å². The highest BCUT2D eigenvalue weighted by atomic mass is 32.2. The minimum atomic E-state index is -1.87. The van der Waals surface area contributed by atoms with Gasteiger partial charge in [0, 0.05) is 16.5 Å². The smallest absolute Gasteiger partial charge is 0.347 e. The highest BCUT2D eigenvalue weighted by Gasteiger charge is 2.64. The third-order valence-electron chi connectivity index (χ3n) is 7.00. The van der Waals surface area contributed by atoms with Crippen molar-refractivity contribution in [2.75, 3.05) is 17.2 Å². The van der Waals surface area contributed by atoms with Gasteiger partial charge < -0.3 is 36.6 Å². The molecule has 0 aromatic carbocycles. The molecule has 1 fully saturated rings. The van der Waals surface area contributed by atoms with E-state index < -0.39 is 52.2 Å². The normalized spacial score (nSPS) is 20.6. The number of nitrogens with zero attached hydrogens (tertiary/aromatic N) is 7. The summed E-state index contributed by atoms with van der Waals surface area (Å²) in [4.78, 5) is 65.7. The Balaban J connectivity index is 1.53. The number of aryl methyl sites for hydroxylation is 2. The SMILES string of the molecule is CC[C@H](O/N=C(\C(=O)NC1(C=S)C(=O)N2C(C(=O)[O-])=C(c3nc(N)c(C)c4n(C)cn[n+]34)CS[C@H]21)c1csc(N)n1)C(=O)O. The molecule has 0 bridgehead atoms. The number of carboxylic acids is 2. The molecule has 20 heteroatoms. The van der Waals surface area contributed by atoms with Crippen LogP contribution in [0.3, 0.4) is 0 Å². The molecular weight excluding hydrogens is 637 g/mol. The molecule has 1 saturated heterocycles. The quantitative estimate of drug-likeness (QED) is 0.0604. The maximum Gasteiger partial charge on any atom is 0.347 e. The van der Waals surface area contributed by atoms with Gasteiger partial charge in [-0.15, -0.1) is 23.1 Å². The molecule has 3 atom stereocenters. The molecule has 17 nitrogen and oxygen atoms in total. The molecule has 6 N–H and O–H groups in total. The molecule has 44 heavy (non-hydrogen) atoms. The molecule has 5 heterocycles. The van der Waals surface area contributed by atoms with Crippen LogP contribution in [0.25, 0.3) is 11.2 Å². The summed E-state index contributed by atoms with van der Waals surface area (Å²) in [5.41, 5.74) is 10.3. The summed E-state index contributed by atoms with van der Waals surface area (Å²) < 4.78 is 3.11. The van der Waals surface area contributed by atoms with Crippen molar-refractivity contribution in [1.29, 1.82) is 0 Å². The first kappa shape index (κ1) is 30.8. The van der Waals surface area contributed by atoms with E-state index in [1.807, 2.05) is 0 Å². The molecule has 2 amide bonds. The van der Waals surface area contributed by atoms with Crippen molar-refractivity contribution in [3.8, 4) is 0 Å². The fourth-order valence-electron chi connectivity index (χ4n) is 4.78. The van der Waals surface area contributed by atoms with Crippen LogP contribution in [0.5, 0.6) is 0 Å². The predicted molar refractivity (Wildman–Crippen MR) is 159 cm³/mol. The van der Waals surface area contributed by atoms with Gasteiger partial charge in [-0.05, 0) is 13.3 Å². The number of nitrogens with two attached hydrogens (primary N) is 2. The minimum Gasteiger partial charge on any atom is -0.543 e. The number of nitrogen functional groups attached to an aromatic ring is 2. The molecule has 2 aliphatic rings. The van der Waals surface area contributed by atoms with Crippen molar-refractivity contribution >= 4 is 92.3 Å². The Morgan fingerprint density at radius 1 is 1.41 bits per heavy atom. The first-order chi connectivity index (χ1) is 20.9. The first-order valence-electron chi connectivity index (χ1n) is 12.7. The number of hydrogen-bond donors (Lipinski definition) is 4. The predicted octanol–water partition coefficient (Wildman–Crippen LogP) is -2.00. The van der Waals surface area contributed by atoms with Crippen LogP contribution < -0.4 is 26.4 Å². The lowest BCUT2D eigenvalue weighted by Gasteiger charge is -2.56. The third kappa shape index (κ3) is 4.79. The van der Waals surface area contributed by atoms with Crippen LogP contribution in [0.2, 0.25) is 0 Å². The highest BCUT2D eigenvalue weighted by Crippen LogP contribution is 2.47. The van der Waals surface area contributed by atoms with Crippen LogP contribution >= 0.6 is 35.3 Å². The number of nitrogens with one attached hydrogen (secondary N) is 1. The molecule has 0 saturated carbocycles. The molecule has 5 rings (SSSR count). The van der Waals surface area contributed by atoms with Crippen molar-refractivity contribution in [3.63, 3.8) is 0 Å². The Labute approximate surface area is 261 Å². The average Bonchev–Trinajstić information content (AvgIpc) is 3.59. The van der Waals surface area contributed by atoms with E-state index in [9.17, 15) is 29.4 Å². The molecule has 2 aliphatic heterocycles. The Morgan fingerprint density at radius 2 is 2.14 bits per heavy atom. The lowest BCUT2D eigenvalue weighted by Crippen LogP contribution is -2.81. The van der Waals surface area contributed by atoms with Crippen molar-refractivity contribution in [1.82, 2.24) is 29.9 Å². The van der Waals surface area contributed by atoms with E-state index >= 15 is 0 Å². The van der Waals surface area contributed by atoms with Gasteiger partial charge in [0.15, 0.2) is 22.7 Å². The zero-order chi connectivity index (χ0) is 32.1. The molecule has 1 unspecified atom stereocenters. The van der Waals surface area contributed by atoms with E-state index in [0.29, 0.717) is 11.2 Å². The van der Waals surface area contributed by atoms with E-state index in [4.69, 9.17) is 28.5 Å². The number of thiocarbonyl (C=S) groups is 1. The maximum absolute atomic E-state index is 13.8. The number of oxime groups is 1. The number of thiazole rings is 1. The van der Waals surface area contributed by atoms with Gasteiger partial charge in [0.1, 0.15) is 11.1 Å². The number of carbonyl (C=O) groups excluding carboxylic acids is 3. The van der Waals surface area contributed by atoms with Crippen LogP contribution in [-0.2, 0) is 31.1 Å². The molecular formula is C24H24N10O7S3. The number of amides is 2. The van der Waals surface area contributed by atoms with E-state index in [0.717, 1.165) is 33.4 Å². The Kier molecular flexibility index (Phi) is 7.99. The lowest BCUT2D eigenvalue weighted by molar-refractivity contribution is -0.584. The zero-order valence-corrected chi connectivity index (χ0v) is 25.7. The second-order valence-electron chi connectivity index (χ2n) is 9.67. The molecule has 0 spiro atoms. The van der Waals surface area contributed by atoms with Gasteiger partial charge in [0.05, 0.1) is 29.9 Å². The summed E-state index contributed by atoms with van der Waals surface area (Å²) in [5, 5.41) is 33.9. The average molecular weight is 661 g/mol. The summed E-state index contributed by atoms with van der Waals surface area (Å²) in [7, 11) is 1.74. The molecule has 3 aromatic rings. The van der Waals surface area contributed by atoms with Crippen LogP contribution in [0.4, 0.5) is 10.9 Å². The van der Waals surface area contributed by atoms with Gasteiger partial charge in [-0.2, -0.15) is 0 Å². The second kappa shape index (κ2) is 11.4. The van der Waals surface area contributed by atoms with E-state index in [1.54, 1.807) is 25.5 Å². The minimum absolute atomic E-state index is 0.00377. The standard InChI is InChI=1S/C24H24N10O7S3/c1-4-12(19(36)37)41-31-13(11-6-44-23(26)28-11)17(35)30-24(7-42)21(40)33-14(20(38)39)10(5-43-22(24)33)16-29-15(25)9(2)18-32(3)8-27-34(16)18/h6-8,12,22,25H,4-5H2,1-3H3,(H5,26,28,30,35,36,37,38,39)/b31-13-/t12-,22-,24?/m0/s1. The van der Waals surface area contributed by atoms with Crippen LogP contribution in [0.1, 0.15) is 30.4 Å². The van der Waals surface area contributed by atoms with E-state index in [2.05, 4.69) is 25.5 Å². The lowest BCUT2D eigenvalue weighted by atomic mass is 9.87. The number of carbonyl (C=O) groups is 4. The molecule has 0 radical (unpaired) electrons. The van der Waals surface area contributed by atoms with Crippen LogP contribution in [0.15, 0.2) is 22.6 Å². The largest absolute Gasteiger partial charge is 0.543 e. The van der Waals surface area contributed by atoms with Crippen LogP contribution in [-0.4, -0.2) is 87.2 Å². The summed E-state index contributed by atoms with van der Waals surface area (Å²) >= 11 is 7.28. The third-order valence-corrected chi connectivity index (χ3v) is 9.40. The van der Waals surface area contributed by atoms with Crippen molar-refractivity contribution in [3.05, 3.63) is 34.5 Å². The first-order valence-corrected chi connectivity index (χ1v) is 15.1. The zero-order valence-electron chi connectivity index (χ0n) is 23.2. The summed E-state index contributed by atoms with van der Waals surface area (Å²) in [6.07, 6.45) is 0.170. The highest BCUT2D eigenvalue weighted by molar-refractivity contribution is 8.00. The Morgan fingerprint density at radius 3 is 2.73 bits per heavy atom. The summed E-state index contributed by atoms with van der Waals surface area (Å²) in [6, 6.07) is 0.